The van der Waals surface area contributed by atoms with Gasteiger partial charge in [0.25, 0.3) is 0 Å². The Morgan fingerprint density at radius 1 is 0.634 bits per heavy atom. The van der Waals surface area contributed by atoms with Crippen LogP contribution in [0.3, 0.4) is 0 Å². The SMILES string of the molecule is C=C1C=C[C@@]2(C)C(=C1)[C@@H](F)C[C@H]1[C@@H]3C[C@H]4OC(CCC)O[C@@]4(C(=O)COc4ccc(NC(=O)OCc5ccc(NC(=O)[C@H](CCCNC(N)=O)NC(=O)[C@@H](NC(=O)[C@@H](CCCCNC(=O)COC6CCCCCC(=NCCOCCOCCOCCOCCC(=O)NCC[N+](C)(C)C)C6=NN)NC(=O)CCOCCOCCOCCOCCNC(=O)COC6C#CCCCCC6)C(C)C)cc5)cc4)[C@@]3(C)C[C@H](O)[C@@]12F. The Hall–Kier alpha value is -10.0. The summed E-state index contributed by atoms with van der Waals surface area (Å²) in [5.41, 5.74) is 1.87. The standard InChI is InChI=1S/C104H158F2N14O25/c1-10-22-93-144-88-65-78-79-64-81(105)80-63-72(4)37-40-101(80,5)103(79,106)86(121)66-102(78,6)104(88,145-93)87(122)68-140-77-35-33-75(34-36-77)115-100(131)143-67-73-29-31-74(32-30-73)114-96(127)84(27-21-42-113-99(107)130)117-98(129)94(71(2)3)118-97(128)83(116-90(124)39-48-133-52-56-137-60-62-139-58-54-135-50-45-112-91(125)69-141-76-23-15-12-11-13-16-24-76)26-19-20-41-110-92(126)70-142-85-28-18-14-17-25-82(95(85)119-108)109-44-49-134-53-57-138-61-59-136-55-51-132-47-38-89(123)111-43-46-120(7,8)9/h29-37,40,63,71,76,78-79,81,83-86,88,93-94,121H,4,10-15,17-23,25-28,38-39,41-62,64-70H2,1-3,5-9H3,(H12-,107,108,109,110,111,112,113,114,115,116,117,118,123,124,125,126,127,128,129,130,131)/p+1/t76?,78-,79-,81-,83+,84-,85?,86-,88+,93?,94-,101-,102-,103-,104+/m0/s1. The van der Waals surface area contributed by atoms with Gasteiger partial charge < -0.3 is 130 Å². The number of allylic oxidation sites excluding steroid dienone is 5. The Morgan fingerprint density at radius 2 is 1.23 bits per heavy atom. The number of fused-ring (bicyclic) bond motifs is 7. The molecule has 9 rings (SSSR count). The highest BCUT2D eigenvalue weighted by molar-refractivity contribution is 6.44. The number of ketones is 1. The normalized spacial score (nSPS) is 24.4. The van der Waals surface area contributed by atoms with Crippen LogP contribution in [0.25, 0.3) is 0 Å². The predicted molar refractivity (Wildman–Crippen MR) is 538 cm³/mol. The van der Waals surface area contributed by atoms with E-state index in [4.69, 9.17) is 82.9 Å². The van der Waals surface area contributed by atoms with Crippen LogP contribution in [0.4, 0.5) is 29.7 Å². The number of carbonyl (C=O) groups is 10. The summed E-state index contributed by atoms with van der Waals surface area (Å²) < 4.78 is 117. The van der Waals surface area contributed by atoms with E-state index in [0.29, 0.717) is 165 Å². The zero-order valence-electron chi connectivity index (χ0n) is 85.9. The quantitative estimate of drug-likeness (QED) is 0.00993. The second kappa shape index (κ2) is 61.7. The van der Waals surface area contributed by atoms with Gasteiger partial charge in [-0.1, -0.05) is 96.2 Å². The first-order chi connectivity index (χ1) is 69.7. The number of benzene rings is 2. The number of anilines is 2. The lowest BCUT2D eigenvalue weighted by Crippen LogP contribution is -2.70. The number of aliphatic hydroxyl groups is 1. The third kappa shape index (κ3) is 37.6. The molecule has 7 aliphatic rings. The van der Waals surface area contributed by atoms with Crippen molar-refractivity contribution in [2.75, 3.05) is 197 Å². The average Bonchev–Trinajstić information content (AvgIpc) is 1.51. The first-order valence-corrected chi connectivity index (χ1v) is 51.4. The van der Waals surface area contributed by atoms with Gasteiger partial charge in [-0.25, -0.2) is 18.4 Å². The van der Waals surface area contributed by atoms with E-state index in [-0.39, 0.29) is 147 Å². The molecule has 1 heterocycles. The van der Waals surface area contributed by atoms with Gasteiger partial charge in [0.2, 0.25) is 47.1 Å². The van der Waals surface area contributed by atoms with Crippen LogP contribution in [-0.2, 0) is 107 Å². The van der Waals surface area contributed by atoms with Crippen molar-refractivity contribution in [3.05, 3.63) is 90.0 Å². The van der Waals surface area contributed by atoms with E-state index >= 15 is 8.78 Å². The summed E-state index contributed by atoms with van der Waals surface area (Å²) in [5.74, 6) is 6.49. The fourth-order valence-electron chi connectivity index (χ4n) is 19.4. The van der Waals surface area contributed by atoms with Crippen LogP contribution >= 0.6 is 0 Å². The summed E-state index contributed by atoms with van der Waals surface area (Å²) in [7, 11) is 6.20. The first-order valence-electron chi connectivity index (χ1n) is 51.4. The summed E-state index contributed by atoms with van der Waals surface area (Å²) in [4.78, 5) is 139. The maximum absolute atomic E-state index is 18.2. The number of aliphatic imine (C=N–C) groups is 1. The molecule has 6 aliphatic carbocycles. The molecule has 3 unspecified atom stereocenters. The van der Waals surface area contributed by atoms with Crippen molar-refractivity contribution in [3.63, 3.8) is 0 Å². The molecule has 10 amide bonds. The number of rotatable bonds is 65. The molecular formula is C104H159F2N14O25+. The number of nitrogens with zero attached hydrogens (tertiary/aromatic N) is 3. The van der Waals surface area contributed by atoms with Crippen LogP contribution < -0.4 is 64.2 Å². The molecule has 1 saturated heterocycles. The molecule has 145 heavy (non-hydrogen) atoms. The van der Waals surface area contributed by atoms with Gasteiger partial charge in [0.15, 0.2) is 17.6 Å². The lowest BCUT2D eigenvalue weighted by Gasteiger charge is -2.63. The summed E-state index contributed by atoms with van der Waals surface area (Å²) in [6.07, 6.45) is 9.18. The Labute approximate surface area is 851 Å². The smallest absolute Gasteiger partial charge is 0.411 e. The number of nitrogens with one attached hydrogen (secondary N) is 9. The van der Waals surface area contributed by atoms with Gasteiger partial charge in [-0.15, -0.1) is 5.92 Å². The third-order valence-corrected chi connectivity index (χ3v) is 27.1. The average molecular weight is 2040 g/mol. The number of unbranched alkanes of at least 4 members (excludes halogenated alkanes) is 1. The van der Waals surface area contributed by atoms with Crippen LogP contribution in [0.1, 0.15) is 181 Å². The highest BCUT2D eigenvalue weighted by atomic mass is 19.1. The molecular weight excluding hydrogens is 1880 g/mol. The van der Waals surface area contributed by atoms with Gasteiger partial charge >= 0.3 is 12.1 Å². The number of amides is 10. The van der Waals surface area contributed by atoms with Crippen LogP contribution in [-0.4, -0.2) is 332 Å². The Morgan fingerprint density at radius 3 is 1.88 bits per heavy atom. The predicted octanol–water partition coefficient (Wildman–Crippen LogP) is 7.67. The first kappa shape index (κ1) is 119. The number of hydrogen-bond acceptors (Lipinski definition) is 28. The van der Waals surface area contributed by atoms with E-state index in [1.807, 2.05) is 13.8 Å². The van der Waals surface area contributed by atoms with Gasteiger partial charge in [-0.05, 0) is 168 Å². The number of urea groups is 1. The Bertz CT molecular complexity index is 4650. The van der Waals surface area contributed by atoms with Crippen molar-refractivity contribution in [2.45, 2.75) is 249 Å². The van der Waals surface area contributed by atoms with Crippen LogP contribution in [0.5, 0.6) is 5.75 Å². The maximum atomic E-state index is 18.2. The molecule has 15 atom stereocenters. The number of quaternary nitrogens is 1. The van der Waals surface area contributed by atoms with E-state index in [0.717, 1.165) is 62.4 Å². The number of nitrogens with two attached hydrogens (primary N) is 2. The zero-order chi connectivity index (χ0) is 105. The van der Waals surface area contributed by atoms with E-state index in [2.05, 4.69) is 92.5 Å². The number of carbonyl (C=O) groups excluding carboxylic acids is 10. The molecule has 0 aromatic heterocycles. The molecule has 14 N–H and O–H groups in total. The lowest BCUT2D eigenvalue weighted by molar-refractivity contribution is -0.869. The number of hydrogen-bond donors (Lipinski definition) is 12. The van der Waals surface area contributed by atoms with Gasteiger partial charge in [-0.2, -0.15) is 5.10 Å². The number of aliphatic hydroxyl groups excluding tert-OH is 1. The zero-order valence-corrected chi connectivity index (χ0v) is 85.9. The van der Waals surface area contributed by atoms with E-state index in [9.17, 15) is 53.1 Å². The summed E-state index contributed by atoms with van der Waals surface area (Å²) in [6.45, 7) is 18.5. The molecule has 1 aliphatic heterocycles. The van der Waals surface area contributed by atoms with Crippen molar-refractivity contribution in [1.29, 1.82) is 0 Å². The number of hydrazone groups is 1. The van der Waals surface area contributed by atoms with Crippen LogP contribution in [0.2, 0.25) is 0 Å². The maximum Gasteiger partial charge on any atom is 0.411 e. The third-order valence-electron chi connectivity index (χ3n) is 27.1. The van der Waals surface area contributed by atoms with Gasteiger partial charge in [-0.3, -0.25) is 48.7 Å². The molecule has 0 spiro atoms. The molecule has 2 aromatic carbocycles. The number of halogens is 2. The molecule has 2 aromatic rings. The highest BCUT2D eigenvalue weighted by Crippen LogP contribution is 2.72. The fourth-order valence-corrected chi connectivity index (χ4v) is 19.4. The minimum Gasteiger partial charge on any atom is -0.486 e. The van der Waals surface area contributed by atoms with Crippen molar-refractivity contribution < 1.29 is 133 Å². The molecule has 0 radical (unpaired) electrons. The van der Waals surface area contributed by atoms with Crippen molar-refractivity contribution >= 4 is 82.1 Å². The molecule has 808 valence electrons. The second-order valence-electron chi connectivity index (χ2n) is 39.4. The minimum absolute atomic E-state index is 0.00878. The number of likely N-dealkylation sites (N-methyl/N-ethyl adjacent to an activating group) is 1. The van der Waals surface area contributed by atoms with Crippen molar-refractivity contribution in [2.24, 2.45) is 50.3 Å². The van der Waals surface area contributed by atoms with Crippen molar-refractivity contribution in [1.82, 2.24) is 37.2 Å². The summed E-state index contributed by atoms with van der Waals surface area (Å²) >= 11 is 0. The van der Waals surface area contributed by atoms with Crippen LogP contribution in [0, 0.1) is 40.4 Å². The molecule has 41 heteroatoms. The van der Waals surface area contributed by atoms with E-state index in [1.165, 1.54) is 0 Å². The van der Waals surface area contributed by atoms with Gasteiger partial charge in [0.1, 0.15) is 74.4 Å². The Kier molecular flexibility index (Phi) is 50.4. The lowest BCUT2D eigenvalue weighted by atomic mass is 9.44. The molecule has 4 saturated carbocycles. The summed E-state index contributed by atoms with van der Waals surface area (Å²) in [5, 5.41) is 41.1. The highest BCUT2D eigenvalue weighted by Gasteiger charge is 2.80. The molecule has 0 bridgehead atoms. The van der Waals surface area contributed by atoms with Gasteiger partial charge in [0.05, 0.1) is 164 Å². The number of primary amides is 1. The van der Waals surface area contributed by atoms with Crippen LogP contribution in [0.15, 0.2) is 94.6 Å². The number of ether oxygens (including phenoxy) is 14. The topological polar surface area (TPSA) is 505 Å². The molecule has 5 fully saturated rings. The fraction of sp³-hybridized carbons (Fsp3) is 0.692. The van der Waals surface area contributed by atoms with Gasteiger partial charge in [0, 0.05) is 67.0 Å². The monoisotopic (exact) mass is 2040 g/mol. The minimum atomic E-state index is -2.27. The van der Waals surface area contributed by atoms with E-state index < -0.39 is 143 Å². The van der Waals surface area contributed by atoms with Crippen molar-refractivity contribution in [3.8, 4) is 17.6 Å². The second-order valence-corrected chi connectivity index (χ2v) is 39.4. The largest absolute Gasteiger partial charge is 0.486 e. The number of alkyl halides is 2. The summed E-state index contributed by atoms with van der Waals surface area (Å²) in [6, 6.07) is 8.03. The molecule has 39 nitrogen and oxygen atoms in total. The number of Topliss-reactive ketones (excluding diaryl/α,β-unsaturated/α-hetero) is 1. The van der Waals surface area contributed by atoms with E-state index in [1.54, 1.807) is 87.5 Å². The Balaban J connectivity index is 0.721.